The first-order valence-electron chi connectivity index (χ1n) is 5.79. The molecule has 4 N–H and O–H groups in total. The second-order valence-electron chi connectivity index (χ2n) is 4.76. The van der Waals surface area contributed by atoms with Crippen LogP contribution >= 0.6 is 0 Å². The van der Waals surface area contributed by atoms with E-state index in [-0.39, 0.29) is 12.8 Å². The topological polar surface area (TPSA) is 118 Å². The molecule has 0 amide bonds. The van der Waals surface area contributed by atoms with Crippen LogP contribution in [0.25, 0.3) is 0 Å². The van der Waals surface area contributed by atoms with Crippen molar-refractivity contribution in [2.45, 2.75) is 38.3 Å². The zero-order valence-electron chi connectivity index (χ0n) is 11.1. The first-order valence-corrected chi connectivity index (χ1v) is 5.79. The fraction of sp³-hybridized carbons (Fsp3) is 0.500. The maximum Gasteiger partial charge on any atom is 0.234 e. The Bertz CT molecular complexity index is 375. The molecule has 0 spiro atoms. The lowest BCUT2D eigenvalue weighted by Gasteiger charge is -2.26. The van der Waals surface area contributed by atoms with Crippen molar-refractivity contribution in [1.82, 2.24) is 0 Å². The first kappa shape index (κ1) is 17.0. The first-order chi connectivity index (χ1) is 9.42. The summed E-state index contributed by atoms with van der Waals surface area (Å²) < 4.78 is 0. The lowest BCUT2D eigenvalue weighted by molar-refractivity contribution is -0.481. The average molecular weight is 290 g/mol. The molecule has 0 heterocycles. The molecule has 0 aliphatic carbocycles. The molecular weight excluding hydrogens is 272 g/mol. The van der Waals surface area contributed by atoms with Gasteiger partial charge in [-0.05, 0) is 25.0 Å². The summed E-state index contributed by atoms with van der Waals surface area (Å²) in [6, 6.07) is 6.84. The molecule has 1 rings (SSSR count). The highest BCUT2D eigenvalue weighted by Gasteiger charge is 2.32. The summed E-state index contributed by atoms with van der Waals surface area (Å²) in [7, 11) is 0. The molecular formula is C12H18O8. The number of hydrogen-bond acceptors (Lipinski definition) is 8. The molecule has 0 aliphatic rings. The summed E-state index contributed by atoms with van der Waals surface area (Å²) in [6.45, 7) is 2.65. The number of hydrogen-bond donors (Lipinski definition) is 4. The van der Waals surface area contributed by atoms with Crippen LogP contribution in [0.4, 0.5) is 0 Å². The third kappa shape index (κ3) is 4.20. The standard InChI is InChI=1S/C12H18O8/c1-11(17-13,18-14)7-9-5-3-4-6-10(9)8-12(2,19-15)20-16/h3-6,13-16H,7-8H2,1-2H3. The molecule has 0 bridgehead atoms. The van der Waals surface area contributed by atoms with Crippen molar-refractivity contribution in [3.8, 4) is 0 Å². The summed E-state index contributed by atoms with van der Waals surface area (Å²) in [6.07, 6.45) is 0.00617. The molecule has 1 aromatic carbocycles. The van der Waals surface area contributed by atoms with Gasteiger partial charge in [-0.1, -0.05) is 24.3 Å². The van der Waals surface area contributed by atoms with Crippen LogP contribution in [-0.4, -0.2) is 32.6 Å². The van der Waals surface area contributed by atoms with Gasteiger partial charge in [0.1, 0.15) is 0 Å². The van der Waals surface area contributed by atoms with Gasteiger partial charge in [0.05, 0.1) is 0 Å². The summed E-state index contributed by atoms with van der Waals surface area (Å²) >= 11 is 0. The highest BCUT2D eigenvalue weighted by molar-refractivity contribution is 5.29. The quantitative estimate of drug-likeness (QED) is 0.327. The van der Waals surface area contributed by atoms with Crippen LogP contribution in [0.5, 0.6) is 0 Å². The zero-order chi connectivity index (χ0) is 15.2. The van der Waals surface area contributed by atoms with Crippen molar-refractivity contribution in [1.29, 1.82) is 0 Å². The van der Waals surface area contributed by atoms with Crippen LogP contribution < -0.4 is 0 Å². The van der Waals surface area contributed by atoms with E-state index in [1.165, 1.54) is 13.8 Å². The average Bonchev–Trinajstić information content (AvgIpc) is 2.49. The van der Waals surface area contributed by atoms with Gasteiger partial charge in [0.2, 0.25) is 11.6 Å². The monoisotopic (exact) mass is 290 g/mol. The van der Waals surface area contributed by atoms with E-state index >= 15 is 0 Å². The molecule has 0 saturated carbocycles. The van der Waals surface area contributed by atoms with Crippen LogP contribution in [0.1, 0.15) is 25.0 Å². The third-order valence-electron chi connectivity index (χ3n) is 2.91. The Kier molecular flexibility index (Phi) is 5.99. The van der Waals surface area contributed by atoms with Crippen molar-refractivity contribution in [2.75, 3.05) is 0 Å². The molecule has 8 nitrogen and oxygen atoms in total. The van der Waals surface area contributed by atoms with E-state index in [1.807, 2.05) is 0 Å². The van der Waals surface area contributed by atoms with Crippen molar-refractivity contribution >= 4 is 0 Å². The summed E-state index contributed by atoms with van der Waals surface area (Å²) in [4.78, 5) is 16.4. The molecule has 114 valence electrons. The lowest BCUT2D eigenvalue weighted by atomic mass is 9.95. The second kappa shape index (κ2) is 7.07. The van der Waals surface area contributed by atoms with Crippen LogP contribution in [0.3, 0.4) is 0 Å². The minimum absolute atomic E-state index is 0.00309. The number of benzene rings is 1. The van der Waals surface area contributed by atoms with E-state index in [0.717, 1.165) is 0 Å². The molecule has 8 heteroatoms. The Morgan fingerprint density at radius 1 is 0.750 bits per heavy atom. The van der Waals surface area contributed by atoms with E-state index in [1.54, 1.807) is 24.3 Å². The van der Waals surface area contributed by atoms with Crippen LogP contribution in [0.2, 0.25) is 0 Å². The predicted octanol–water partition coefficient (Wildman–Crippen LogP) is 2.16. The van der Waals surface area contributed by atoms with Crippen molar-refractivity contribution in [3.05, 3.63) is 35.4 Å². The van der Waals surface area contributed by atoms with Gasteiger partial charge in [-0.2, -0.15) is 0 Å². The summed E-state index contributed by atoms with van der Waals surface area (Å²) in [5.74, 6) is -3.29. The van der Waals surface area contributed by atoms with Gasteiger partial charge in [0.25, 0.3) is 0 Å². The second-order valence-corrected chi connectivity index (χ2v) is 4.76. The minimum Gasteiger partial charge on any atom is -0.249 e. The smallest absolute Gasteiger partial charge is 0.234 e. The minimum atomic E-state index is -1.65. The maximum absolute atomic E-state index is 8.75. The van der Waals surface area contributed by atoms with Crippen LogP contribution in [-0.2, 0) is 32.4 Å². The summed E-state index contributed by atoms with van der Waals surface area (Å²) in [5, 5.41) is 35.0. The van der Waals surface area contributed by atoms with Gasteiger partial charge in [-0.25, -0.2) is 40.6 Å². The Morgan fingerprint density at radius 3 is 1.30 bits per heavy atom. The SMILES string of the molecule is CC(Cc1ccccc1CC(C)(OO)OO)(OO)OO. The third-order valence-corrected chi connectivity index (χ3v) is 2.91. The Hall–Kier alpha value is -1.10. The van der Waals surface area contributed by atoms with Gasteiger partial charge >= 0.3 is 0 Å². The predicted molar refractivity (Wildman–Crippen MR) is 65.5 cm³/mol. The van der Waals surface area contributed by atoms with E-state index in [2.05, 4.69) is 19.6 Å². The summed E-state index contributed by atoms with van der Waals surface area (Å²) in [5.41, 5.74) is 1.25. The largest absolute Gasteiger partial charge is 0.249 e. The normalized spacial score (nSPS) is 12.7. The van der Waals surface area contributed by atoms with Crippen molar-refractivity contribution < 1.29 is 40.6 Å². The fourth-order valence-corrected chi connectivity index (χ4v) is 1.76. The van der Waals surface area contributed by atoms with Gasteiger partial charge in [0.15, 0.2) is 0 Å². The molecule has 0 radical (unpaired) electrons. The van der Waals surface area contributed by atoms with Gasteiger partial charge in [0, 0.05) is 12.8 Å². The van der Waals surface area contributed by atoms with Crippen molar-refractivity contribution in [2.24, 2.45) is 0 Å². The molecule has 0 unspecified atom stereocenters. The van der Waals surface area contributed by atoms with E-state index < -0.39 is 11.6 Å². The van der Waals surface area contributed by atoms with Crippen molar-refractivity contribution in [3.63, 3.8) is 0 Å². The zero-order valence-corrected chi connectivity index (χ0v) is 11.1. The molecule has 0 aliphatic heterocycles. The Balaban J connectivity index is 2.99. The Labute approximate surface area is 115 Å². The van der Waals surface area contributed by atoms with Crippen LogP contribution in [0.15, 0.2) is 24.3 Å². The van der Waals surface area contributed by atoms with Crippen LogP contribution in [0, 0.1) is 0 Å². The van der Waals surface area contributed by atoms with Gasteiger partial charge in [-0.3, -0.25) is 0 Å². The molecule has 0 saturated heterocycles. The van der Waals surface area contributed by atoms with E-state index in [9.17, 15) is 0 Å². The fourth-order valence-electron chi connectivity index (χ4n) is 1.76. The molecule has 20 heavy (non-hydrogen) atoms. The molecule has 1 aromatic rings. The van der Waals surface area contributed by atoms with Gasteiger partial charge < -0.3 is 0 Å². The molecule has 0 aromatic heterocycles. The van der Waals surface area contributed by atoms with E-state index in [0.29, 0.717) is 11.1 Å². The lowest BCUT2D eigenvalue weighted by Crippen LogP contribution is -2.35. The van der Waals surface area contributed by atoms with Gasteiger partial charge in [-0.15, -0.1) is 0 Å². The molecule has 0 fully saturated rings. The maximum atomic E-state index is 8.75. The highest BCUT2D eigenvalue weighted by atomic mass is 17.2. The molecule has 0 atom stereocenters. The van der Waals surface area contributed by atoms with E-state index in [4.69, 9.17) is 21.0 Å². The number of rotatable bonds is 8. The highest BCUT2D eigenvalue weighted by Crippen LogP contribution is 2.24. The Morgan fingerprint density at radius 2 is 1.05 bits per heavy atom.